The number of carbonyl (C=O) groups excluding carboxylic acids is 3. The van der Waals surface area contributed by atoms with Gasteiger partial charge in [0, 0.05) is 43.9 Å². The van der Waals surface area contributed by atoms with Gasteiger partial charge in [-0.25, -0.2) is 4.79 Å². The fourth-order valence-electron chi connectivity index (χ4n) is 7.27. The second kappa shape index (κ2) is 10.4. The van der Waals surface area contributed by atoms with E-state index in [4.69, 9.17) is 0 Å². The maximum Gasteiger partial charge on any atom is 0.331 e. The van der Waals surface area contributed by atoms with Crippen LogP contribution >= 0.6 is 0 Å². The average Bonchev–Trinajstić information content (AvgIpc) is 2.99. The molecule has 0 saturated carbocycles. The number of rotatable bonds is 6. The molecule has 4 heterocycles. The third-order valence-corrected chi connectivity index (χ3v) is 9.16. The van der Waals surface area contributed by atoms with E-state index in [0.717, 1.165) is 34.0 Å². The van der Waals surface area contributed by atoms with Crippen molar-refractivity contribution in [1.82, 2.24) is 19.7 Å². The molecule has 0 aliphatic carbocycles. The minimum Gasteiger partial charge on any atom is -0.312 e. The number of imide groups is 2. The van der Waals surface area contributed by atoms with E-state index in [1.54, 1.807) is 12.1 Å². The molecular weight excluding hydrogens is 528 g/mol. The third kappa shape index (κ3) is 4.52. The third-order valence-electron chi connectivity index (χ3n) is 9.16. The van der Waals surface area contributed by atoms with E-state index in [2.05, 4.69) is 10.2 Å². The van der Waals surface area contributed by atoms with E-state index in [-0.39, 0.29) is 36.9 Å². The Morgan fingerprint density at radius 3 is 2.40 bits per heavy atom. The van der Waals surface area contributed by atoms with Crippen LogP contribution in [0.4, 0.5) is 4.79 Å². The fraction of sp³-hybridized carbons (Fsp3) is 0.294. The van der Waals surface area contributed by atoms with Crippen LogP contribution in [0.2, 0.25) is 0 Å². The number of piperidine rings is 1. The molecule has 7 rings (SSSR count). The normalized spacial score (nSPS) is 24.0. The van der Waals surface area contributed by atoms with E-state index < -0.39 is 23.3 Å². The maximum atomic E-state index is 14.5. The molecule has 42 heavy (non-hydrogen) atoms. The quantitative estimate of drug-likeness (QED) is 0.361. The lowest BCUT2D eigenvalue weighted by Gasteiger charge is -2.47. The van der Waals surface area contributed by atoms with Gasteiger partial charge in [-0.05, 0) is 46.7 Å². The zero-order chi connectivity index (χ0) is 28.8. The van der Waals surface area contributed by atoms with Crippen LogP contribution in [-0.2, 0) is 29.1 Å². The molecule has 0 unspecified atom stereocenters. The molecule has 8 heteroatoms. The second-order valence-electron chi connectivity index (χ2n) is 11.9. The molecule has 3 aromatic carbocycles. The van der Waals surface area contributed by atoms with Crippen molar-refractivity contribution in [2.24, 2.45) is 11.3 Å². The summed E-state index contributed by atoms with van der Waals surface area (Å²) in [6.07, 6.45) is 1.13. The number of fused-ring (bicyclic) bond motifs is 5. The van der Waals surface area contributed by atoms with Gasteiger partial charge in [-0.2, -0.15) is 0 Å². The highest BCUT2D eigenvalue weighted by Crippen LogP contribution is 2.39. The van der Waals surface area contributed by atoms with Crippen LogP contribution in [0.25, 0.3) is 10.8 Å². The summed E-state index contributed by atoms with van der Waals surface area (Å²) in [5.41, 5.74) is 1.21. The van der Waals surface area contributed by atoms with Crippen LogP contribution in [0.5, 0.6) is 0 Å². The first-order valence-electron chi connectivity index (χ1n) is 14.5. The molecule has 1 aromatic heterocycles. The van der Waals surface area contributed by atoms with Gasteiger partial charge in [-0.15, -0.1) is 0 Å². The Bertz CT molecular complexity index is 1760. The van der Waals surface area contributed by atoms with Crippen LogP contribution in [0.3, 0.4) is 0 Å². The number of likely N-dealkylation sites (tertiary alicyclic amines) is 1. The van der Waals surface area contributed by atoms with E-state index >= 15 is 0 Å². The first-order chi connectivity index (χ1) is 20.4. The van der Waals surface area contributed by atoms with Crippen LogP contribution in [0.1, 0.15) is 29.2 Å². The molecule has 2 bridgehead atoms. The van der Waals surface area contributed by atoms with Crippen LogP contribution < -0.4 is 10.9 Å². The Labute approximate surface area is 243 Å². The predicted octanol–water partition coefficient (Wildman–Crippen LogP) is 3.93. The smallest absolute Gasteiger partial charge is 0.312 e. The Hall–Kier alpha value is -4.56. The molecule has 3 atom stereocenters. The van der Waals surface area contributed by atoms with Gasteiger partial charge in [0.1, 0.15) is 5.41 Å². The topological polar surface area (TPSA) is 91.7 Å². The number of urea groups is 1. The molecule has 1 N–H and O–H groups in total. The number of aromatic nitrogens is 1. The van der Waals surface area contributed by atoms with Crippen LogP contribution in [0.15, 0.2) is 95.8 Å². The summed E-state index contributed by atoms with van der Waals surface area (Å²) in [4.78, 5) is 57.6. The van der Waals surface area contributed by atoms with Crippen LogP contribution in [0, 0.1) is 11.3 Å². The minimum atomic E-state index is -1.51. The van der Waals surface area contributed by atoms with E-state index in [1.807, 2.05) is 83.4 Å². The summed E-state index contributed by atoms with van der Waals surface area (Å²) in [6, 6.07) is 28.0. The van der Waals surface area contributed by atoms with Crippen LogP contribution in [-0.4, -0.2) is 51.8 Å². The Balaban J connectivity index is 1.28. The molecule has 3 aliphatic rings. The molecular formula is C34H32N4O4. The summed E-state index contributed by atoms with van der Waals surface area (Å²) in [5, 5.41) is 4.57. The zero-order valence-corrected chi connectivity index (χ0v) is 23.2. The number of carbonyl (C=O) groups is 3. The second-order valence-corrected chi connectivity index (χ2v) is 11.9. The first-order valence-corrected chi connectivity index (χ1v) is 14.5. The lowest BCUT2D eigenvalue weighted by molar-refractivity contribution is -0.154. The van der Waals surface area contributed by atoms with E-state index in [0.29, 0.717) is 19.6 Å². The molecule has 0 radical (unpaired) electrons. The predicted molar refractivity (Wildman–Crippen MR) is 159 cm³/mol. The number of benzene rings is 3. The molecule has 0 spiro atoms. The molecule has 2 fully saturated rings. The number of nitrogens with zero attached hydrogens (tertiary/aromatic N) is 3. The van der Waals surface area contributed by atoms with Gasteiger partial charge in [0.15, 0.2) is 0 Å². The number of amides is 4. The van der Waals surface area contributed by atoms with Crippen molar-refractivity contribution < 1.29 is 14.4 Å². The van der Waals surface area contributed by atoms with Gasteiger partial charge in [0.05, 0.1) is 6.54 Å². The summed E-state index contributed by atoms with van der Waals surface area (Å²) in [6.45, 7) is 2.18. The van der Waals surface area contributed by atoms with Gasteiger partial charge in [-0.3, -0.25) is 24.6 Å². The molecule has 4 aromatic rings. The zero-order valence-electron chi connectivity index (χ0n) is 23.2. The maximum absolute atomic E-state index is 14.5. The van der Waals surface area contributed by atoms with E-state index in [9.17, 15) is 19.2 Å². The van der Waals surface area contributed by atoms with E-state index in [1.165, 1.54) is 4.90 Å². The summed E-state index contributed by atoms with van der Waals surface area (Å²) >= 11 is 0. The lowest BCUT2D eigenvalue weighted by atomic mass is 9.75. The summed E-state index contributed by atoms with van der Waals surface area (Å²) < 4.78 is 1.88. The Kier molecular flexibility index (Phi) is 6.50. The highest BCUT2D eigenvalue weighted by Gasteiger charge is 2.55. The van der Waals surface area contributed by atoms with Crippen molar-refractivity contribution >= 4 is 28.6 Å². The van der Waals surface area contributed by atoms with Gasteiger partial charge >= 0.3 is 6.03 Å². The first kappa shape index (κ1) is 26.3. The number of hydrogen-bond acceptors (Lipinski definition) is 5. The van der Waals surface area contributed by atoms with Crippen molar-refractivity contribution in [3.63, 3.8) is 0 Å². The number of pyridine rings is 1. The monoisotopic (exact) mass is 560 g/mol. The Morgan fingerprint density at radius 2 is 1.55 bits per heavy atom. The minimum absolute atomic E-state index is 0.0139. The summed E-state index contributed by atoms with van der Waals surface area (Å²) in [5.74, 6) is -0.665. The molecule has 2 saturated heterocycles. The van der Waals surface area contributed by atoms with Gasteiger partial charge in [0.25, 0.3) is 5.56 Å². The van der Waals surface area contributed by atoms with Gasteiger partial charge in [-0.1, -0.05) is 78.9 Å². The molecule has 212 valence electrons. The van der Waals surface area contributed by atoms with Crippen molar-refractivity contribution in [3.05, 3.63) is 118 Å². The number of hydrogen-bond donors (Lipinski definition) is 1. The number of barbiturate groups is 1. The SMILES string of the molecule is O=C1NC(=O)[C@](Cc2cccc3ccccc23)(CN2C[C@@H]3C[C@H](C2)c2cccc(=O)n2C3)C(=O)N1Cc1ccccc1. The lowest BCUT2D eigenvalue weighted by Crippen LogP contribution is -2.67. The number of nitrogens with one attached hydrogen (secondary N) is 1. The largest absolute Gasteiger partial charge is 0.331 e. The van der Waals surface area contributed by atoms with Crippen molar-refractivity contribution in [2.75, 3.05) is 19.6 Å². The van der Waals surface area contributed by atoms with Gasteiger partial charge in [0.2, 0.25) is 11.8 Å². The van der Waals surface area contributed by atoms with Crippen molar-refractivity contribution in [3.8, 4) is 0 Å². The van der Waals surface area contributed by atoms with Crippen molar-refractivity contribution in [1.29, 1.82) is 0 Å². The average molecular weight is 561 g/mol. The highest BCUT2D eigenvalue weighted by atomic mass is 16.2. The molecule has 8 nitrogen and oxygen atoms in total. The van der Waals surface area contributed by atoms with Gasteiger partial charge < -0.3 is 9.47 Å². The Morgan fingerprint density at radius 1 is 0.786 bits per heavy atom. The summed E-state index contributed by atoms with van der Waals surface area (Å²) in [7, 11) is 0. The highest BCUT2D eigenvalue weighted by molar-refractivity contribution is 6.19. The molecule has 4 amide bonds. The molecule has 3 aliphatic heterocycles. The fourth-order valence-corrected chi connectivity index (χ4v) is 7.27. The van der Waals surface area contributed by atoms with Crippen molar-refractivity contribution in [2.45, 2.75) is 31.8 Å². The standard InChI is InChI=1S/C34H32N4O4/c39-30-15-7-14-29-27-16-24(20-37(29)30)18-36(21-27)22-34(17-26-12-6-11-25-10-4-5-13-28(25)26)31(40)35-33(42)38(32(34)41)19-23-8-2-1-3-9-23/h1-15,24,27H,16-22H2,(H,35,40,42)/t24-,27+,34-/m0/s1.